The Kier molecular flexibility index (Phi) is 1.16. The molecule has 11 heavy (non-hydrogen) atoms. The van der Waals surface area contributed by atoms with Crippen molar-refractivity contribution in [3.05, 3.63) is 0 Å². The molecule has 6 heteroatoms. The molecular formula is C5H2N4OS. The zero-order chi connectivity index (χ0) is 7.84. The van der Waals surface area contributed by atoms with E-state index in [4.69, 9.17) is 0 Å². The summed E-state index contributed by atoms with van der Waals surface area (Å²) in [4.78, 5) is 14.8. The third kappa shape index (κ3) is 0.874. The molecule has 0 aromatic heterocycles. The normalized spacial score (nSPS) is 20.7. The highest BCUT2D eigenvalue weighted by atomic mass is 32.1. The van der Waals surface area contributed by atoms with Crippen molar-refractivity contribution in [1.82, 2.24) is 5.32 Å². The highest BCUT2D eigenvalue weighted by molar-refractivity contribution is 7.80. The van der Waals surface area contributed by atoms with E-state index in [9.17, 15) is 4.79 Å². The summed E-state index contributed by atoms with van der Waals surface area (Å²) in [6.07, 6.45) is 1.40. The third-order valence-corrected chi connectivity index (χ3v) is 1.43. The van der Waals surface area contributed by atoms with E-state index in [0.717, 1.165) is 0 Å². The molecule has 5 nitrogen and oxygen atoms in total. The lowest BCUT2D eigenvalue weighted by atomic mass is 10.2. The second kappa shape index (κ2) is 2.03. The largest absolute Gasteiger partial charge is 0.296 e. The van der Waals surface area contributed by atoms with Crippen LogP contribution in [0.2, 0.25) is 0 Å². The third-order valence-electron chi connectivity index (χ3n) is 1.24. The molecule has 0 fully saturated rings. The van der Waals surface area contributed by atoms with Crippen LogP contribution in [0.25, 0.3) is 0 Å². The molecular weight excluding hydrogens is 164 g/mol. The molecule has 0 bridgehead atoms. The van der Waals surface area contributed by atoms with Gasteiger partial charge in [0.2, 0.25) is 0 Å². The Morgan fingerprint density at radius 1 is 1.55 bits per heavy atom. The molecule has 2 aliphatic rings. The first-order valence-corrected chi connectivity index (χ1v) is 3.23. The molecule has 0 atom stereocenters. The van der Waals surface area contributed by atoms with Crippen molar-refractivity contribution in [2.24, 2.45) is 15.2 Å². The predicted molar refractivity (Wildman–Crippen MR) is 44.1 cm³/mol. The van der Waals surface area contributed by atoms with Gasteiger partial charge in [0.05, 0.1) is 6.21 Å². The van der Waals surface area contributed by atoms with Gasteiger partial charge >= 0.3 is 0 Å². The molecule has 2 aliphatic heterocycles. The molecule has 0 aromatic carbocycles. The standard InChI is InChI=1S/C5H2N4OS/c10-4-3-2(1-6-9-3)7-5(11)8-4/h1H,(H,8,10,11). The molecule has 0 aromatic rings. The van der Waals surface area contributed by atoms with Crippen LogP contribution in [0, 0.1) is 0 Å². The smallest absolute Gasteiger partial charge is 0.280 e. The van der Waals surface area contributed by atoms with E-state index in [1.165, 1.54) is 6.21 Å². The minimum atomic E-state index is -0.336. The molecule has 2 rings (SSSR count). The fourth-order valence-electron chi connectivity index (χ4n) is 0.791. The average molecular weight is 166 g/mol. The van der Waals surface area contributed by atoms with Crippen LogP contribution in [0.1, 0.15) is 0 Å². The van der Waals surface area contributed by atoms with Gasteiger partial charge in [0.15, 0.2) is 10.8 Å². The monoisotopic (exact) mass is 166 g/mol. The van der Waals surface area contributed by atoms with Gasteiger partial charge in [0.1, 0.15) is 5.71 Å². The predicted octanol–water partition coefficient (Wildman–Crippen LogP) is -0.718. The number of hydrogen-bond acceptors (Lipinski definition) is 4. The number of thiocarbonyl (C=S) groups is 1. The Hall–Kier alpha value is -1.43. The van der Waals surface area contributed by atoms with Crippen molar-refractivity contribution in [3.63, 3.8) is 0 Å². The van der Waals surface area contributed by atoms with E-state index < -0.39 is 0 Å². The number of hydrogen-bond donors (Lipinski definition) is 1. The van der Waals surface area contributed by atoms with Crippen LogP contribution in [-0.2, 0) is 4.79 Å². The highest BCUT2D eigenvalue weighted by Crippen LogP contribution is 1.99. The minimum Gasteiger partial charge on any atom is -0.296 e. The number of amides is 1. The molecule has 54 valence electrons. The summed E-state index contributed by atoms with van der Waals surface area (Å²) in [6.45, 7) is 0. The van der Waals surface area contributed by atoms with Gasteiger partial charge in [-0.15, -0.1) is 5.10 Å². The van der Waals surface area contributed by atoms with Crippen molar-refractivity contribution in [2.75, 3.05) is 0 Å². The van der Waals surface area contributed by atoms with E-state index in [2.05, 4.69) is 32.7 Å². The van der Waals surface area contributed by atoms with Crippen molar-refractivity contribution in [2.45, 2.75) is 0 Å². The molecule has 0 spiro atoms. The van der Waals surface area contributed by atoms with Gasteiger partial charge in [-0.1, -0.05) is 0 Å². The van der Waals surface area contributed by atoms with E-state index >= 15 is 0 Å². The summed E-state index contributed by atoms with van der Waals surface area (Å²) in [5, 5.41) is 9.59. The van der Waals surface area contributed by atoms with Crippen LogP contribution >= 0.6 is 12.2 Å². The number of nitrogens with zero attached hydrogens (tertiary/aromatic N) is 3. The summed E-state index contributed by atoms with van der Waals surface area (Å²) in [6, 6.07) is 0. The maximum Gasteiger partial charge on any atom is 0.280 e. The molecule has 0 saturated carbocycles. The molecule has 0 aliphatic carbocycles. The molecule has 2 heterocycles. The van der Waals surface area contributed by atoms with E-state index in [0.29, 0.717) is 5.71 Å². The van der Waals surface area contributed by atoms with E-state index in [1.807, 2.05) is 0 Å². The van der Waals surface area contributed by atoms with Crippen molar-refractivity contribution < 1.29 is 4.79 Å². The molecule has 0 saturated heterocycles. The number of aliphatic imine (C=N–C) groups is 1. The molecule has 0 radical (unpaired) electrons. The van der Waals surface area contributed by atoms with Crippen LogP contribution in [0.4, 0.5) is 0 Å². The number of carbonyl (C=O) groups is 1. The molecule has 0 unspecified atom stereocenters. The Balaban J connectivity index is 2.53. The number of rotatable bonds is 0. The average Bonchev–Trinajstić information content (AvgIpc) is 2.34. The van der Waals surface area contributed by atoms with Gasteiger partial charge in [-0.05, 0) is 12.2 Å². The summed E-state index contributed by atoms with van der Waals surface area (Å²) < 4.78 is 0. The zero-order valence-corrected chi connectivity index (χ0v) is 6.05. The van der Waals surface area contributed by atoms with Gasteiger partial charge in [0.25, 0.3) is 5.91 Å². The Bertz CT molecular complexity index is 340. The van der Waals surface area contributed by atoms with Crippen molar-refractivity contribution in [3.8, 4) is 0 Å². The first-order chi connectivity index (χ1) is 5.27. The quantitative estimate of drug-likeness (QED) is 0.483. The van der Waals surface area contributed by atoms with E-state index in [1.54, 1.807) is 0 Å². The lowest BCUT2D eigenvalue weighted by Crippen LogP contribution is -2.42. The summed E-state index contributed by atoms with van der Waals surface area (Å²) in [5.41, 5.74) is 0.678. The van der Waals surface area contributed by atoms with Gasteiger partial charge < -0.3 is 0 Å². The second-order valence-corrected chi connectivity index (χ2v) is 2.34. The number of fused-ring (bicyclic) bond motifs is 1. The Labute approximate surface area is 66.9 Å². The van der Waals surface area contributed by atoms with Crippen LogP contribution in [0.5, 0.6) is 0 Å². The highest BCUT2D eigenvalue weighted by Gasteiger charge is 2.25. The summed E-state index contributed by atoms with van der Waals surface area (Å²) >= 11 is 4.67. The van der Waals surface area contributed by atoms with Crippen LogP contribution in [-0.4, -0.2) is 28.7 Å². The second-order valence-electron chi connectivity index (χ2n) is 1.95. The van der Waals surface area contributed by atoms with Gasteiger partial charge in [-0.2, -0.15) is 5.10 Å². The lowest BCUT2D eigenvalue weighted by molar-refractivity contribution is -0.113. The van der Waals surface area contributed by atoms with E-state index in [-0.39, 0.29) is 16.7 Å². The first kappa shape index (κ1) is 6.29. The topological polar surface area (TPSA) is 66.2 Å². The van der Waals surface area contributed by atoms with Crippen LogP contribution in [0.3, 0.4) is 0 Å². The Morgan fingerprint density at radius 2 is 2.36 bits per heavy atom. The molecule has 1 N–H and O–H groups in total. The van der Waals surface area contributed by atoms with Crippen molar-refractivity contribution in [1.29, 1.82) is 0 Å². The number of nitrogens with one attached hydrogen (secondary N) is 1. The SMILES string of the molecule is O=C1NC(=S)N=C2C=NN=C12. The lowest BCUT2D eigenvalue weighted by Gasteiger charge is -2.07. The van der Waals surface area contributed by atoms with Gasteiger partial charge in [0, 0.05) is 0 Å². The maximum absolute atomic E-state index is 11.0. The fourth-order valence-corrected chi connectivity index (χ4v) is 0.982. The molecule has 1 amide bonds. The van der Waals surface area contributed by atoms with Gasteiger partial charge in [-0.25, -0.2) is 4.99 Å². The zero-order valence-electron chi connectivity index (χ0n) is 5.24. The Morgan fingerprint density at radius 3 is 3.18 bits per heavy atom. The summed E-state index contributed by atoms with van der Waals surface area (Å²) in [7, 11) is 0. The maximum atomic E-state index is 11.0. The minimum absolute atomic E-state index is 0.164. The number of carbonyl (C=O) groups excluding carboxylic acids is 1. The van der Waals surface area contributed by atoms with Crippen LogP contribution < -0.4 is 5.32 Å². The summed E-state index contributed by atoms with van der Waals surface area (Å²) in [5.74, 6) is -0.336. The van der Waals surface area contributed by atoms with Crippen molar-refractivity contribution >= 4 is 40.9 Å². The fraction of sp³-hybridized carbons (Fsp3) is 0. The van der Waals surface area contributed by atoms with Gasteiger partial charge in [-0.3, -0.25) is 10.1 Å². The van der Waals surface area contributed by atoms with Crippen LogP contribution in [0.15, 0.2) is 15.2 Å². The first-order valence-electron chi connectivity index (χ1n) is 2.83.